The second kappa shape index (κ2) is 6.50. The average molecular weight is 260 g/mol. The molecule has 2 aromatic rings. The topological polar surface area (TPSA) is 47.3 Å². The zero-order chi connectivity index (χ0) is 13.7. The van der Waals surface area contributed by atoms with Crippen molar-refractivity contribution < 1.29 is 9.84 Å². The first-order valence-electron chi connectivity index (χ1n) is 6.53. The standard InChI is InChI=1S/C15H20N2O2/c1-3-8-17-10-13(9-16-17)15(18)14-7-5-4-6-12(14)11-19-2/h4-7,9-10,15,18H,3,8,11H2,1-2H3. The van der Waals surface area contributed by atoms with Crippen molar-refractivity contribution in [1.29, 1.82) is 0 Å². The molecule has 0 aliphatic carbocycles. The van der Waals surface area contributed by atoms with Crippen molar-refractivity contribution in [2.24, 2.45) is 0 Å². The summed E-state index contributed by atoms with van der Waals surface area (Å²) in [4.78, 5) is 0. The summed E-state index contributed by atoms with van der Waals surface area (Å²) in [7, 11) is 1.66. The van der Waals surface area contributed by atoms with E-state index in [4.69, 9.17) is 4.74 Å². The first-order valence-corrected chi connectivity index (χ1v) is 6.53. The van der Waals surface area contributed by atoms with Crippen LogP contribution in [0.3, 0.4) is 0 Å². The van der Waals surface area contributed by atoms with Crippen molar-refractivity contribution in [1.82, 2.24) is 9.78 Å². The third-order valence-corrected chi connectivity index (χ3v) is 3.07. The summed E-state index contributed by atoms with van der Waals surface area (Å²) in [6, 6.07) is 7.77. The van der Waals surface area contributed by atoms with E-state index in [0.29, 0.717) is 6.61 Å². The maximum absolute atomic E-state index is 10.5. The first-order chi connectivity index (χ1) is 9.26. The molecule has 1 atom stereocenters. The van der Waals surface area contributed by atoms with Gasteiger partial charge in [0.05, 0.1) is 12.8 Å². The van der Waals surface area contributed by atoms with Crippen LogP contribution in [0.2, 0.25) is 0 Å². The Balaban J connectivity index is 2.24. The highest BCUT2D eigenvalue weighted by molar-refractivity contribution is 5.34. The van der Waals surface area contributed by atoms with Crippen LogP contribution in [0.1, 0.15) is 36.1 Å². The number of nitrogens with zero attached hydrogens (tertiary/aromatic N) is 2. The third kappa shape index (κ3) is 3.22. The molecule has 2 rings (SSSR count). The molecule has 1 aromatic carbocycles. The lowest BCUT2D eigenvalue weighted by atomic mass is 9.99. The van der Waals surface area contributed by atoms with E-state index in [1.165, 1.54) is 0 Å². The predicted octanol–water partition coefficient (Wildman–Crippen LogP) is 2.52. The fourth-order valence-corrected chi connectivity index (χ4v) is 2.14. The van der Waals surface area contributed by atoms with Gasteiger partial charge in [0.2, 0.25) is 0 Å². The molecule has 0 spiro atoms. The van der Waals surface area contributed by atoms with Gasteiger partial charge < -0.3 is 9.84 Å². The summed E-state index contributed by atoms with van der Waals surface area (Å²) in [6.45, 7) is 3.47. The minimum Gasteiger partial charge on any atom is -0.384 e. The second-order valence-corrected chi connectivity index (χ2v) is 4.57. The molecule has 4 heteroatoms. The molecule has 0 bridgehead atoms. The van der Waals surface area contributed by atoms with Gasteiger partial charge in [-0.2, -0.15) is 5.10 Å². The van der Waals surface area contributed by atoms with E-state index >= 15 is 0 Å². The Morgan fingerprint density at radius 1 is 1.37 bits per heavy atom. The molecule has 19 heavy (non-hydrogen) atoms. The average Bonchev–Trinajstić information content (AvgIpc) is 2.88. The van der Waals surface area contributed by atoms with Crippen LogP contribution in [0, 0.1) is 0 Å². The number of aromatic nitrogens is 2. The Hall–Kier alpha value is -1.65. The summed E-state index contributed by atoms with van der Waals surface area (Å²) in [5, 5.41) is 14.7. The maximum atomic E-state index is 10.5. The predicted molar refractivity (Wildman–Crippen MR) is 73.7 cm³/mol. The van der Waals surface area contributed by atoms with Crippen molar-refractivity contribution in [2.45, 2.75) is 32.6 Å². The normalized spacial score (nSPS) is 12.6. The highest BCUT2D eigenvalue weighted by Gasteiger charge is 2.15. The van der Waals surface area contributed by atoms with E-state index in [-0.39, 0.29) is 0 Å². The van der Waals surface area contributed by atoms with Crippen LogP contribution < -0.4 is 0 Å². The fourth-order valence-electron chi connectivity index (χ4n) is 2.14. The van der Waals surface area contributed by atoms with Gasteiger partial charge in [0, 0.05) is 25.4 Å². The number of hydrogen-bond donors (Lipinski definition) is 1. The summed E-state index contributed by atoms with van der Waals surface area (Å²) in [5.41, 5.74) is 2.69. The molecule has 0 fully saturated rings. The molecular formula is C15H20N2O2. The number of methoxy groups -OCH3 is 1. The van der Waals surface area contributed by atoms with E-state index in [9.17, 15) is 5.11 Å². The van der Waals surface area contributed by atoms with E-state index in [2.05, 4.69) is 12.0 Å². The summed E-state index contributed by atoms with van der Waals surface area (Å²) in [6.07, 6.45) is 4.00. The molecule has 0 amide bonds. The fraction of sp³-hybridized carbons (Fsp3) is 0.400. The zero-order valence-corrected chi connectivity index (χ0v) is 11.4. The van der Waals surface area contributed by atoms with Crippen molar-refractivity contribution in [3.63, 3.8) is 0 Å². The Kier molecular flexibility index (Phi) is 4.71. The summed E-state index contributed by atoms with van der Waals surface area (Å²) >= 11 is 0. The molecule has 1 N–H and O–H groups in total. The lowest BCUT2D eigenvalue weighted by molar-refractivity contribution is 0.176. The van der Waals surface area contributed by atoms with Crippen LogP contribution in [-0.4, -0.2) is 22.0 Å². The minimum atomic E-state index is -0.656. The monoisotopic (exact) mass is 260 g/mol. The Morgan fingerprint density at radius 3 is 2.89 bits per heavy atom. The zero-order valence-electron chi connectivity index (χ0n) is 11.4. The van der Waals surface area contributed by atoms with Gasteiger partial charge in [0.25, 0.3) is 0 Å². The molecule has 102 valence electrons. The molecule has 4 nitrogen and oxygen atoms in total. The molecule has 0 aliphatic rings. The van der Waals surface area contributed by atoms with Crippen LogP contribution in [0.4, 0.5) is 0 Å². The second-order valence-electron chi connectivity index (χ2n) is 4.57. The molecule has 1 heterocycles. The van der Waals surface area contributed by atoms with Gasteiger partial charge in [-0.05, 0) is 17.5 Å². The van der Waals surface area contributed by atoms with Crippen LogP contribution in [0.25, 0.3) is 0 Å². The Bertz CT molecular complexity index is 522. The first kappa shape index (κ1) is 13.8. The van der Waals surface area contributed by atoms with Gasteiger partial charge in [-0.25, -0.2) is 0 Å². The van der Waals surface area contributed by atoms with Crippen LogP contribution in [0.15, 0.2) is 36.7 Å². The van der Waals surface area contributed by atoms with Gasteiger partial charge in [-0.1, -0.05) is 31.2 Å². The largest absolute Gasteiger partial charge is 0.384 e. The number of aryl methyl sites for hydroxylation is 1. The molecular weight excluding hydrogens is 240 g/mol. The van der Waals surface area contributed by atoms with E-state index in [0.717, 1.165) is 29.7 Å². The van der Waals surface area contributed by atoms with Crippen LogP contribution in [-0.2, 0) is 17.9 Å². The highest BCUT2D eigenvalue weighted by Crippen LogP contribution is 2.25. The van der Waals surface area contributed by atoms with Crippen molar-refractivity contribution in [3.05, 3.63) is 53.3 Å². The highest BCUT2D eigenvalue weighted by atomic mass is 16.5. The van der Waals surface area contributed by atoms with Gasteiger partial charge in [0.15, 0.2) is 0 Å². The number of aliphatic hydroxyl groups is 1. The Morgan fingerprint density at radius 2 is 2.16 bits per heavy atom. The number of rotatable bonds is 6. The van der Waals surface area contributed by atoms with E-state index < -0.39 is 6.10 Å². The SMILES string of the molecule is CCCn1cc(C(O)c2ccccc2COC)cn1. The molecule has 0 aliphatic heterocycles. The lowest BCUT2D eigenvalue weighted by Crippen LogP contribution is -2.04. The van der Waals surface area contributed by atoms with Gasteiger partial charge in [-0.3, -0.25) is 4.68 Å². The van der Waals surface area contributed by atoms with Crippen molar-refractivity contribution >= 4 is 0 Å². The smallest absolute Gasteiger partial charge is 0.107 e. The number of hydrogen-bond acceptors (Lipinski definition) is 3. The van der Waals surface area contributed by atoms with Gasteiger partial charge in [-0.15, -0.1) is 0 Å². The minimum absolute atomic E-state index is 0.496. The van der Waals surface area contributed by atoms with E-state index in [1.54, 1.807) is 13.3 Å². The maximum Gasteiger partial charge on any atom is 0.107 e. The summed E-state index contributed by atoms with van der Waals surface area (Å²) < 4.78 is 7.03. The quantitative estimate of drug-likeness (QED) is 0.868. The molecule has 0 saturated carbocycles. The van der Waals surface area contributed by atoms with Gasteiger partial charge in [0.1, 0.15) is 6.10 Å². The van der Waals surface area contributed by atoms with Gasteiger partial charge >= 0.3 is 0 Å². The Labute approximate surface area is 113 Å². The summed E-state index contributed by atoms with van der Waals surface area (Å²) in [5.74, 6) is 0. The molecule has 0 saturated heterocycles. The van der Waals surface area contributed by atoms with Crippen molar-refractivity contribution in [3.8, 4) is 0 Å². The van der Waals surface area contributed by atoms with Crippen molar-refractivity contribution in [2.75, 3.05) is 7.11 Å². The molecule has 1 unspecified atom stereocenters. The molecule has 0 radical (unpaired) electrons. The molecule has 1 aromatic heterocycles. The number of aliphatic hydroxyl groups excluding tert-OH is 1. The van der Waals surface area contributed by atoms with Crippen LogP contribution in [0.5, 0.6) is 0 Å². The number of ether oxygens (including phenoxy) is 1. The lowest BCUT2D eigenvalue weighted by Gasteiger charge is -2.13. The number of benzene rings is 1. The van der Waals surface area contributed by atoms with E-state index in [1.807, 2.05) is 35.1 Å². The third-order valence-electron chi connectivity index (χ3n) is 3.07. The van der Waals surface area contributed by atoms with Crippen LogP contribution >= 0.6 is 0 Å².